The zero-order chi connectivity index (χ0) is 19.0. The Morgan fingerprint density at radius 3 is 2.52 bits per heavy atom. The predicted octanol–water partition coefficient (Wildman–Crippen LogP) is 3.63. The van der Waals surface area contributed by atoms with Crippen molar-refractivity contribution in [3.63, 3.8) is 0 Å². The number of nitrogens with zero attached hydrogens (tertiary/aromatic N) is 1. The normalized spacial score (nSPS) is 20.2. The van der Waals surface area contributed by atoms with Gasteiger partial charge >= 0.3 is 0 Å². The van der Waals surface area contributed by atoms with Crippen LogP contribution >= 0.6 is 0 Å². The van der Waals surface area contributed by atoms with E-state index in [0.29, 0.717) is 5.56 Å². The van der Waals surface area contributed by atoms with E-state index in [-0.39, 0.29) is 11.4 Å². The molecule has 1 aromatic carbocycles. The third-order valence-electron chi connectivity index (χ3n) is 5.93. The minimum Gasteiger partial charge on any atom is -0.494 e. The molecule has 1 aliphatic carbocycles. The summed E-state index contributed by atoms with van der Waals surface area (Å²) in [4.78, 5) is 15.2. The summed E-state index contributed by atoms with van der Waals surface area (Å²) < 4.78 is 11.2. The fourth-order valence-corrected chi connectivity index (χ4v) is 4.24. The van der Waals surface area contributed by atoms with Crippen LogP contribution in [-0.2, 0) is 4.74 Å². The molecule has 1 aromatic rings. The number of ether oxygens (including phenoxy) is 2. The number of carbonyl (C=O) groups is 1. The maximum absolute atomic E-state index is 12.7. The third-order valence-corrected chi connectivity index (χ3v) is 5.93. The molecule has 0 spiro atoms. The van der Waals surface area contributed by atoms with Gasteiger partial charge in [0.25, 0.3) is 5.91 Å². The highest BCUT2D eigenvalue weighted by atomic mass is 16.5. The quantitative estimate of drug-likeness (QED) is 0.706. The van der Waals surface area contributed by atoms with Gasteiger partial charge in [-0.3, -0.25) is 9.69 Å². The van der Waals surface area contributed by atoms with Crippen LogP contribution in [0.1, 0.15) is 62.2 Å². The highest BCUT2D eigenvalue weighted by molar-refractivity contribution is 5.94. The van der Waals surface area contributed by atoms with Gasteiger partial charge in [0.1, 0.15) is 5.75 Å². The van der Waals surface area contributed by atoms with Gasteiger partial charge in [0, 0.05) is 30.7 Å². The summed E-state index contributed by atoms with van der Waals surface area (Å²) >= 11 is 0. The minimum atomic E-state index is 0.00770. The lowest BCUT2D eigenvalue weighted by Crippen LogP contribution is -2.59. The number of morpholine rings is 1. The Bertz CT molecular complexity index is 576. The first-order valence-electron chi connectivity index (χ1n) is 10.6. The number of rotatable bonds is 8. The Morgan fingerprint density at radius 2 is 1.85 bits per heavy atom. The Hall–Kier alpha value is -1.59. The number of amides is 1. The van der Waals surface area contributed by atoms with Crippen molar-refractivity contribution in [3.05, 3.63) is 29.8 Å². The summed E-state index contributed by atoms with van der Waals surface area (Å²) in [6.07, 6.45) is 8.29. The van der Waals surface area contributed by atoms with Crippen molar-refractivity contribution in [3.8, 4) is 5.75 Å². The lowest BCUT2D eigenvalue weighted by molar-refractivity contribution is -0.0361. The van der Waals surface area contributed by atoms with E-state index in [1.165, 1.54) is 19.3 Å². The van der Waals surface area contributed by atoms with Gasteiger partial charge in [-0.2, -0.15) is 0 Å². The first-order valence-corrected chi connectivity index (χ1v) is 10.6. The van der Waals surface area contributed by atoms with E-state index in [4.69, 9.17) is 9.47 Å². The lowest BCUT2D eigenvalue weighted by Gasteiger charge is -2.48. The molecular weight excluding hydrogens is 340 g/mol. The fourth-order valence-electron chi connectivity index (χ4n) is 4.24. The Labute approximate surface area is 163 Å². The smallest absolute Gasteiger partial charge is 0.251 e. The molecule has 0 unspecified atom stereocenters. The topological polar surface area (TPSA) is 50.8 Å². The average Bonchev–Trinajstić information content (AvgIpc) is 2.74. The molecule has 1 saturated carbocycles. The molecule has 27 heavy (non-hydrogen) atoms. The summed E-state index contributed by atoms with van der Waals surface area (Å²) in [5, 5.41) is 3.22. The molecule has 1 saturated heterocycles. The van der Waals surface area contributed by atoms with Gasteiger partial charge in [0.05, 0.1) is 19.8 Å². The molecule has 2 aliphatic rings. The van der Waals surface area contributed by atoms with Gasteiger partial charge < -0.3 is 14.8 Å². The standard InChI is InChI=1S/C22H34N2O3/c1-2-3-15-27-20-9-7-19(8-10-20)21(25)23-18-22(11-5-4-6-12-22)24-13-16-26-17-14-24/h7-10H,2-6,11-18H2,1H3,(H,23,25). The molecule has 150 valence electrons. The number of hydrogen-bond donors (Lipinski definition) is 1. The van der Waals surface area contributed by atoms with Gasteiger partial charge in [-0.1, -0.05) is 32.6 Å². The van der Waals surface area contributed by atoms with Crippen molar-refractivity contribution in [2.24, 2.45) is 0 Å². The molecule has 1 aliphatic heterocycles. The Morgan fingerprint density at radius 1 is 1.15 bits per heavy atom. The molecule has 0 aromatic heterocycles. The minimum absolute atomic E-state index is 0.00770. The number of hydrogen-bond acceptors (Lipinski definition) is 4. The van der Waals surface area contributed by atoms with Gasteiger partial charge in [-0.15, -0.1) is 0 Å². The predicted molar refractivity (Wildman–Crippen MR) is 107 cm³/mol. The van der Waals surface area contributed by atoms with Crippen LogP contribution in [0.2, 0.25) is 0 Å². The number of unbranched alkanes of at least 4 members (excludes halogenated alkanes) is 1. The van der Waals surface area contributed by atoms with Crippen LogP contribution in [0.15, 0.2) is 24.3 Å². The number of carbonyl (C=O) groups excluding carboxylic acids is 1. The van der Waals surface area contributed by atoms with Crippen molar-refractivity contribution in [2.75, 3.05) is 39.5 Å². The zero-order valence-corrected chi connectivity index (χ0v) is 16.7. The number of nitrogens with one attached hydrogen (secondary N) is 1. The second-order valence-electron chi connectivity index (χ2n) is 7.79. The van der Waals surface area contributed by atoms with E-state index >= 15 is 0 Å². The zero-order valence-electron chi connectivity index (χ0n) is 16.7. The molecular formula is C22H34N2O3. The van der Waals surface area contributed by atoms with Crippen LogP contribution in [-0.4, -0.2) is 55.8 Å². The monoisotopic (exact) mass is 374 g/mol. The molecule has 0 radical (unpaired) electrons. The van der Waals surface area contributed by atoms with Crippen molar-refractivity contribution < 1.29 is 14.3 Å². The molecule has 3 rings (SSSR count). The van der Waals surface area contributed by atoms with Gasteiger partial charge in [-0.25, -0.2) is 0 Å². The van der Waals surface area contributed by atoms with E-state index in [1.54, 1.807) is 0 Å². The van der Waals surface area contributed by atoms with Gasteiger partial charge in [0.15, 0.2) is 0 Å². The molecule has 1 amide bonds. The molecule has 0 bridgehead atoms. The molecule has 0 atom stereocenters. The van der Waals surface area contributed by atoms with E-state index < -0.39 is 0 Å². The average molecular weight is 375 g/mol. The molecule has 2 fully saturated rings. The van der Waals surface area contributed by atoms with E-state index in [0.717, 1.165) is 70.9 Å². The summed E-state index contributed by atoms with van der Waals surface area (Å²) in [6.45, 7) is 7.14. The first kappa shape index (κ1) is 20.2. The van der Waals surface area contributed by atoms with E-state index in [9.17, 15) is 4.79 Å². The second kappa shape index (κ2) is 10.1. The van der Waals surface area contributed by atoms with Crippen LogP contribution < -0.4 is 10.1 Å². The molecule has 5 heteroatoms. The van der Waals surface area contributed by atoms with Crippen LogP contribution in [0.3, 0.4) is 0 Å². The highest BCUT2D eigenvalue weighted by Gasteiger charge is 2.38. The largest absolute Gasteiger partial charge is 0.494 e. The van der Waals surface area contributed by atoms with E-state index in [2.05, 4.69) is 17.1 Å². The van der Waals surface area contributed by atoms with Gasteiger partial charge in [-0.05, 0) is 43.5 Å². The SMILES string of the molecule is CCCCOc1ccc(C(=O)NCC2(N3CCOCC3)CCCCC2)cc1. The maximum atomic E-state index is 12.7. The van der Waals surface area contributed by atoms with Crippen molar-refractivity contribution in [1.82, 2.24) is 10.2 Å². The summed E-state index contributed by atoms with van der Waals surface area (Å²) in [5.74, 6) is 0.838. The number of benzene rings is 1. The van der Waals surface area contributed by atoms with Gasteiger partial charge in [0.2, 0.25) is 0 Å². The maximum Gasteiger partial charge on any atom is 0.251 e. The van der Waals surface area contributed by atoms with Crippen LogP contribution in [0.4, 0.5) is 0 Å². The van der Waals surface area contributed by atoms with E-state index in [1.807, 2.05) is 24.3 Å². The lowest BCUT2D eigenvalue weighted by atomic mass is 9.79. The summed E-state index contributed by atoms with van der Waals surface area (Å²) in [7, 11) is 0. The van der Waals surface area contributed by atoms with Crippen molar-refractivity contribution in [2.45, 2.75) is 57.4 Å². The first-order chi connectivity index (χ1) is 13.2. The van der Waals surface area contributed by atoms with Crippen molar-refractivity contribution in [1.29, 1.82) is 0 Å². The second-order valence-corrected chi connectivity index (χ2v) is 7.79. The summed E-state index contributed by atoms with van der Waals surface area (Å²) in [6, 6.07) is 7.50. The van der Waals surface area contributed by atoms with Crippen LogP contribution in [0.5, 0.6) is 5.75 Å². The van der Waals surface area contributed by atoms with Crippen molar-refractivity contribution >= 4 is 5.91 Å². The summed E-state index contributed by atoms with van der Waals surface area (Å²) in [5.41, 5.74) is 0.798. The fraction of sp³-hybridized carbons (Fsp3) is 0.682. The molecule has 1 N–H and O–H groups in total. The molecule has 5 nitrogen and oxygen atoms in total. The Kier molecular flexibility index (Phi) is 7.53. The Balaban J connectivity index is 1.57. The molecule has 1 heterocycles. The third kappa shape index (κ3) is 5.45. The highest BCUT2D eigenvalue weighted by Crippen LogP contribution is 2.34. The van der Waals surface area contributed by atoms with Crippen LogP contribution in [0, 0.1) is 0 Å². The van der Waals surface area contributed by atoms with Crippen LogP contribution in [0.25, 0.3) is 0 Å².